The van der Waals surface area contributed by atoms with Gasteiger partial charge in [0.15, 0.2) is 0 Å². The SMILES string of the molecule is CNCc1c[nH]c2cc(NC3=CC=C(C)NC3Cl)ncc12. The molecule has 1 aliphatic heterocycles. The van der Waals surface area contributed by atoms with Crippen LogP contribution in [0.1, 0.15) is 12.5 Å². The summed E-state index contributed by atoms with van der Waals surface area (Å²) in [4.78, 5) is 7.73. The second kappa shape index (κ2) is 5.79. The molecule has 0 bridgehead atoms. The maximum Gasteiger partial charge on any atom is 0.142 e. The van der Waals surface area contributed by atoms with Crippen molar-refractivity contribution in [2.24, 2.45) is 0 Å². The number of fused-ring (bicyclic) bond motifs is 1. The van der Waals surface area contributed by atoms with E-state index in [-0.39, 0.29) is 5.50 Å². The first-order chi connectivity index (χ1) is 10.2. The molecule has 5 nitrogen and oxygen atoms in total. The number of nitrogens with zero attached hydrogens (tertiary/aromatic N) is 1. The molecule has 1 aliphatic rings. The molecule has 0 radical (unpaired) electrons. The van der Waals surface area contributed by atoms with Crippen molar-refractivity contribution in [3.05, 3.63) is 47.6 Å². The third kappa shape index (κ3) is 2.89. The summed E-state index contributed by atoms with van der Waals surface area (Å²) in [6, 6.07) is 1.99. The molecule has 4 N–H and O–H groups in total. The van der Waals surface area contributed by atoms with Crippen molar-refractivity contribution in [1.29, 1.82) is 0 Å². The Morgan fingerprint density at radius 2 is 2.24 bits per heavy atom. The Morgan fingerprint density at radius 1 is 1.38 bits per heavy atom. The number of anilines is 1. The summed E-state index contributed by atoms with van der Waals surface area (Å²) in [6.07, 6.45) is 7.84. The molecule has 1 unspecified atom stereocenters. The van der Waals surface area contributed by atoms with Gasteiger partial charge in [-0.25, -0.2) is 4.98 Å². The number of alkyl halides is 1. The minimum Gasteiger partial charge on any atom is -0.368 e. The van der Waals surface area contributed by atoms with Crippen LogP contribution in [0.4, 0.5) is 5.82 Å². The summed E-state index contributed by atoms with van der Waals surface area (Å²) in [5.41, 5.74) is 3.93. The maximum absolute atomic E-state index is 6.26. The van der Waals surface area contributed by atoms with Gasteiger partial charge in [0.2, 0.25) is 0 Å². The Morgan fingerprint density at radius 3 is 3.00 bits per heavy atom. The van der Waals surface area contributed by atoms with Gasteiger partial charge in [-0.05, 0) is 31.7 Å². The number of dihydropyridines is 1. The fourth-order valence-corrected chi connectivity index (χ4v) is 2.66. The van der Waals surface area contributed by atoms with Gasteiger partial charge < -0.3 is 20.9 Å². The zero-order valence-electron chi connectivity index (χ0n) is 12.0. The van der Waals surface area contributed by atoms with Crippen LogP contribution in [-0.4, -0.2) is 22.5 Å². The van der Waals surface area contributed by atoms with Gasteiger partial charge in [-0.2, -0.15) is 0 Å². The Hall–Kier alpha value is -1.98. The molecular weight excluding hydrogens is 286 g/mol. The fraction of sp³-hybridized carbons (Fsp3) is 0.267. The normalized spacial score (nSPS) is 18.1. The van der Waals surface area contributed by atoms with Crippen molar-refractivity contribution < 1.29 is 0 Å². The van der Waals surface area contributed by atoms with Crippen molar-refractivity contribution >= 4 is 28.3 Å². The first-order valence-electron chi connectivity index (χ1n) is 6.84. The van der Waals surface area contributed by atoms with Crippen LogP contribution >= 0.6 is 11.6 Å². The van der Waals surface area contributed by atoms with E-state index in [9.17, 15) is 0 Å². The van der Waals surface area contributed by atoms with Crippen LogP contribution in [0.25, 0.3) is 10.9 Å². The lowest BCUT2D eigenvalue weighted by Crippen LogP contribution is -2.29. The monoisotopic (exact) mass is 303 g/mol. The summed E-state index contributed by atoms with van der Waals surface area (Å²) in [5, 5.41) is 10.7. The lowest BCUT2D eigenvalue weighted by atomic mass is 10.2. The standard InChI is InChI=1S/C15H18ClN5/c1-9-3-4-12(15(16)20-9)21-14-5-13-11(8-19-14)10(6-17-2)7-18-13/h3-5,7-8,15,17-18,20H,6H2,1-2H3,(H,19,21). The minimum atomic E-state index is -0.268. The number of aromatic amines is 1. The van der Waals surface area contributed by atoms with Crippen molar-refractivity contribution in [3.63, 3.8) is 0 Å². The summed E-state index contributed by atoms with van der Waals surface area (Å²) in [7, 11) is 1.93. The fourth-order valence-electron chi connectivity index (χ4n) is 2.36. The van der Waals surface area contributed by atoms with Crippen molar-refractivity contribution in [2.75, 3.05) is 12.4 Å². The number of rotatable bonds is 4. The van der Waals surface area contributed by atoms with Gasteiger partial charge in [0.1, 0.15) is 11.3 Å². The molecule has 0 saturated heterocycles. The van der Waals surface area contributed by atoms with E-state index in [1.54, 1.807) is 0 Å². The highest BCUT2D eigenvalue weighted by Crippen LogP contribution is 2.22. The topological polar surface area (TPSA) is 64.8 Å². The summed E-state index contributed by atoms with van der Waals surface area (Å²) < 4.78 is 0. The van der Waals surface area contributed by atoms with Gasteiger partial charge in [0.05, 0.1) is 11.2 Å². The second-order valence-corrected chi connectivity index (χ2v) is 5.50. The van der Waals surface area contributed by atoms with E-state index in [1.807, 2.05) is 44.6 Å². The molecule has 0 spiro atoms. The summed E-state index contributed by atoms with van der Waals surface area (Å²) in [5.74, 6) is 0.770. The molecule has 1 atom stereocenters. The molecular formula is C15H18ClN5. The average Bonchev–Trinajstić information content (AvgIpc) is 2.85. The van der Waals surface area contributed by atoms with Gasteiger partial charge in [-0.1, -0.05) is 11.6 Å². The van der Waals surface area contributed by atoms with E-state index in [1.165, 1.54) is 5.56 Å². The first-order valence-corrected chi connectivity index (χ1v) is 7.27. The number of hydrogen-bond acceptors (Lipinski definition) is 4. The van der Waals surface area contributed by atoms with Crippen LogP contribution in [0.5, 0.6) is 0 Å². The minimum absolute atomic E-state index is 0.268. The van der Waals surface area contributed by atoms with E-state index in [4.69, 9.17) is 11.6 Å². The Labute approximate surface area is 128 Å². The predicted octanol–water partition coefficient (Wildman–Crippen LogP) is 2.65. The maximum atomic E-state index is 6.26. The number of nitrogens with one attached hydrogen (secondary N) is 4. The molecule has 21 heavy (non-hydrogen) atoms. The Bertz CT molecular complexity index is 716. The molecule has 0 amide bonds. The number of pyridine rings is 1. The van der Waals surface area contributed by atoms with E-state index in [0.29, 0.717) is 0 Å². The highest BCUT2D eigenvalue weighted by atomic mass is 35.5. The van der Waals surface area contributed by atoms with Crippen LogP contribution in [0.2, 0.25) is 0 Å². The van der Waals surface area contributed by atoms with Gasteiger partial charge >= 0.3 is 0 Å². The highest BCUT2D eigenvalue weighted by Gasteiger charge is 2.14. The van der Waals surface area contributed by atoms with Gasteiger partial charge in [0.25, 0.3) is 0 Å². The Balaban J connectivity index is 1.85. The molecule has 110 valence electrons. The first kappa shape index (κ1) is 14.0. The quantitative estimate of drug-likeness (QED) is 0.518. The van der Waals surface area contributed by atoms with Gasteiger partial charge in [0, 0.05) is 36.1 Å². The van der Waals surface area contributed by atoms with Crippen LogP contribution < -0.4 is 16.0 Å². The van der Waals surface area contributed by atoms with Crippen molar-refractivity contribution in [1.82, 2.24) is 20.6 Å². The number of hydrogen-bond donors (Lipinski definition) is 4. The largest absolute Gasteiger partial charge is 0.368 e. The summed E-state index contributed by atoms with van der Waals surface area (Å²) >= 11 is 6.26. The molecule has 0 fully saturated rings. The molecule has 0 aromatic carbocycles. The van der Waals surface area contributed by atoms with E-state index < -0.39 is 0 Å². The smallest absolute Gasteiger partial charge is 0.142 e. The summed E-state index contributed by atoms with van der Waals surface area (Å²) in [6.45, 7) is 2.80. The average molecular weight is 304 g/mol. The highest BCUT2D eigenvalue weighted by molar-refractivity contribution is 6.22. The zero-order chi connectivity index (χ0) is 14.8. The molecule has 6 heteroatoms. The number of aromatic nitrogens is 2. The number of halogens is 1. The predicted molar refractivity (Wildman–Crippen MR) is 87.1 cm³/mol. The zero-order valence-corrected chi connectivity index (χ0v) is 12.8. The van der Waals surface area contributed by atoms with Crippen molar-refractivity contribution in [3.8, 4) is 0 Å². The molecule has 0 saturated carbocycles. The van der Waals surface area contributed by atoms with Crippen LogP contribution in [-0.2, 0) is 6.54 Å². The lowest BCUT2D eigenvalue weighted by Gasteiger charge is -2.21. The molecule has 0 aliphatic carbocycles. The Kier molecular flexibility index (Phi) is 3.86. The van der Waals surface area contributed by atoms with E-state index in [2.05, 4.69) is 25.9 Å². The van der Waals surface area contributed by atoms with E-state index >= 15 is 0 Å². The third-order valence-electron chi connectivity index (χ3n) is 3.43. The van der Waals surface area contributed by atoms with Crippen molar-refractivity contribution in [2.45, 2.75) is 19.0 Å². The van der Waals surface area contributed by atoms with Gasteiger partial charge in [-0.3, -0.25) is 0 Å². The second-order valence-electron chi connectivity index (χ2n) is 5.06. The van der Waals surface area contributed by atoms with Crippen LogP contribution in [0.15, 0.2) is 42.0 Å². The van der Waals surface area contributed by atoms with Crippen LogP contribution in [0, 0.1) is 0 Å². The van der Waals surface area contributed by atoms with Gasteiger partial charge in [-0.15, -0.1) is 0 Å². The van der Waals surface area contributed by atoms with E-state index in [0.717, 1.165) is 34.7 Å². The molecule has 2 aromatic heterocycles. The number of H-pyrrole nitrogens is 1. The molecule has 2 aromatic rings. The molecule has 3 heterocycles. The molecule has 3 rings (SSSR count). The number of allylic oxidation sites excluding steroid dienone is 3. The van der Waals surface area contributed by atoms with Crippen LogP contribution in [0.3, 0.4) is 0 Å². The lowest BCUT2D eigenvalue weighted by molar-refractivity contribution is 0.798. The third-order valence-corrected chi connectivity index (χ3v) is 3.78.